The Balaban J connectivity index is 1.42. The summed E-state index contributed by atoms with van der Waals surface area (Å²) in [5.41, 5.74) is 19.7. The van der Waals surface area contributed by atoms with Gasteiger partial charge in [0.1, 0.15) is 23.0 Å². The van der Waals surface area contributed by atoms with Crippen molar-refractivity contribution in [3.63, 3.8) is 0 Å². The second-order valence-electron chi connectivity index (χ2n) is 27.4. The molecule has 11 rings (SSSR count). The summed E-state index contributed by atoms with van der Waals surface area (Å²) in [6.07, 6.45) is 0. The zero-order valence-electron chi connectivity index (χ0n) is 54.3. The molecule has 0 N–H and O–H groups in total. The van der Waals surface area contributed by atoms with Crippen LogP contribution in [-0.2, 0) is 21.7 Å². The van der Waals surface area contributed by atoms with Crippen LogP contribution in [0, 0.1) is 0 Å². The molecule has 0 aliphatic carbocycles. The smallest absolute Gasteiger partial charge is 0.119 e. The summed E-state index contributed by atoms with van der Waals surface area (Å²) in [6.45, 7) is 27.4. The van der Waals surface area contributed by atoms with Crippen LogP contribution >= 0.6 is 0 Å². The van der Waals surface area contributed by atoms with Gasteiger partial charge < -0.3 is 28.7 Å². The van der Waals surface area contributed by atoms with E-state index >= 15 is 0 Å². The van der Waals surface area contributed by atoms with Gasteiger partial charge in [-0.25, -0.2) is 0 Å². The van der Waals surface area contributed by atoms with Crippen molar-refractivity contribution >= 4 is 55.7 Å². The highest BCUT2D eigenvalue weighted by molar-refractivity contribution is 6.26. The summed E-state index contributed by atoms with van der Waals surface area (Å²) < 4.78 is 23.5. The van der Waals surface area contributed by atoms with E-state index in [2.05, 4.69) is 311 Å². The minimum Gasteiger partial charge on any atom is -0.497 e. The molecule has 0 heterocycles. The van der Waals surface area contributed by atoms with Crippen LogP contribution in [-0.4, -0.2) is 28.4 Å². The SMILES string of the molecule is COc1ccc(N(c2ccc(OC)cc2)c2c3cc(-c4ccc(C(C)(C)C)cc4)c(-c4ccc(C(C)(C)C)cc4)cc3c(N(c3ccc(OC)cc3)c3ccc(OC)cc3)c3cc(-c4ccc(C(C)(C)C)cc4)c(-c4ccc(C(C)(C)C)cc4)cc23)cc1. The third-order valence-corrected chi connectivity index (χ3v) is 17.4. The number of methoxy groups -OCH3 is 4. The molecule has 0 radical (unpaired) electrons. The maximum atomic E-state index is 5.88. The van der Waals surface area contributed by atoms with E-state index in [1.54, 1.807) is 28.4 Å². The van der Waals surface area contributed by atoms with Gasteiger partial charge in [-0.15, -0.1) is 0 Å². The number of hydrogen-bond donors (Lipinski definition) is 0. The van der Waals surface area contributed by atoms with Gasteiger partial charge in [-0.05, 0) is 210 Å². The molecular weight excluding hydrogens is 1080 g/mol. The predicted octanol–water partition coefficient (Wildman–Crippen LogP) is 22.8. The molecule has 88 heavy (non-hydrogen) atoms. The average molecular weight is 1160 g/mol. The van der Waals surface area contributed by atoms with Gasteiger partial charge in [0.05, 0.1) is 39.8 Å². The topological polar surface area (TPSA) is 43.4 Å². The second-order valence-corrected chi connectivity index (χ2v) is 27.4. The molecule has 0 atom stereocenters. The summed E-state index contributed by atoms with van der Waals surface area (Å²) >= 11 is 0. The highest BCUT2D eigenvalue weighted by Gasteiger charge is 2.30. The van der Waals surface area contributed by atoms with Gasteiger partial charge in [-0.2, -0.15) is 0 Å². The lowest BCUT2D eigenvalue weighted by Gasteiger charge is -2.34. The van der Waals surface area contributed by atoms with Crippen molar-refractivity contribution in [3.8, 4) is 67.5 Å². The zero-order chi connectivity index (χ0) is 62.5. The molecule has 0 aliphatic rings. The van der Waals surface area contributed by atoms with Gasteiger partial charge in [0.25, 0.3) is 0 Å². The van der Waals surface area contributed by atoms with Crippen molar-refractivity contribution in [2.45, 2.75) is 105 Å². The van der Waals surface area contributed by atoms with Gasteiger partial charge in [0, 0.05) is 44.3 Å². The van der Waals surface area contributed by atoms with Gasteiger partial charge in [0.15, 0.2) is 0 Å². The van der Waals surface area contributed by atoms with E-state index in [0.717, 1.165) is 123 Å². The van der Waals surface area contributed by atoms with Crippen LogP contribution in [0.2, 0.25) is 0 Å². The van der Waals surface area contributed by atoms with Crippen molar-refractivity contribution < 1.29 is 18.9 Å². The number of benzene rings is 11. The van der Waals surface area contributed by atoms with E-state index in [1.807, 2.05) is 0 Å². The maximum absolute atomic E-state index is 5.88. The van der Waals surface area contributed by atoms with E-state index in [9.17, 15) is 0 Å². The van der Waals surface area contributed by atoms with Gasteiger partial charge >= 0.3 is 0 Å². The van der Waals surface area contributed by atoms with E-state index in [1.165, 1.54) is 22.3 Å². The number of hydrogen-bond acceptors (Lipinski definition) is 6. The first-order valence-electron chi connectivity index (χ1n) is 30.7. The fraction of sp³-hybridized carbons (Fsp3) is 0.244. The number of nitrogens with zero attached hydrogens (tertiary/aromatic N) is 2. The van der Waals surface area contributed by atoms with Crippen LogP contribution in [0.3, 0.4) is 0 Å². The number of anilines is 6. The number of fused-ring (bicyclic) bond motifs is 2. The molecule has 0 saturated carbocycles. The van der Waals surface area contributed by atoms with Crippen LogP contribution in [0.1, 0.15) is 105 Å². The van der Waals surface area contributed by atoms with Crippen molar-refractivity contribution in [2.24, 2.45) is 0 Å². The molecular formula is C82H84N2O4. The van der Waals surface area contributed by atoms with Gasteiger partial charge in [-0.1, -0.05) is 180 Å². The summed E-state index contributed by atoms with van der Waals surface area (Å²) in [5, 5.41) is 4.18. The Hall–Kier alpha value is -9.26. The normalized spacial score (nSPS) is 12.1. The molecule has 0 amide bonds. The minimum absolute atomic E-state index is 0.0453. The summed E-state index contributed by atoms with van der Waals surface area (Å²) in [6, 6.07) is 80.7. The van der Waals surface area contributed by atoms with Crippen LogP contribution in [0.25, 0.3) is 66.1 Å². The molecule has 11 aromatic rings. The maximum Gasteiger partial charge on any atom is 0.119 e. The lowest BCUT2D eigenvalue weighted by atomic mass is 9.82. The van der Waals surface area contributed by atoms with Crippen molar-refractivity contribution in [3.05, 3.63) is 241 Å². The highest BCUT2D eigenvalue weighted by atomic mass is 16.5. The number of rotatable bonds is 14. The molecule has 0 spiro atoms. The van der Waals surface area contributed by atoms with Crippen LogP contribution < -0.4 is 28.7 Å². The monoisotopic (exact) mass is 1160 g/mol. The van der Waals surface area contributed by atoms with Gasteiger partial charge in [-0.3, -0.25) is 0 Å². The zero-order valence-corrected chi connectivity index (χ0v) is 54.3. The standard InChI is InChI=1S/C82H84N2O4/c1-79(2,3)57-25-17-53(18-26-57)69-49-73-74(50-70(69)54-19-27-58(28-20-54)80(4,5)6)78(84(63-37-45-67(87-15)46-38-63)64-39-47-68(88-16)48-40-64)76-52-72(56-23-31-60(32-24-56)82(10,11)12)71(55-21-29-59(30-22-55)81(7,8)9)51-75(76)77(73)83(61-33-41-65(85-13)42-34-61)62-35-43-66(86-14)44-36-62/h17-52H,1-16H3. The van der Waals surface area contributed by atoms with E-state index in [4.69, 9.17) is 18.9 Å². The third kappa shape index (κ3) is 12.1. The summed E-state index contributed by atoms with van der Waals surface area (Å²) in [7, 11) is 6.89. The second kappa shape index (κ2) is 23.8. The van der Waals surface area contributed by atoms with E-state index < -0.39 is 0 Å². The fourth-order valence-electron chi connectivity index (χ4n) is 12.0. The van der Waals surface area contributed by atoms with Crippen molar-refractivity contribution in [1.82, 2.24) is 0 Å². The van der Waals surface area contributed by atoms with Crippen LogP contribution in [0.5, 0.6) is 23.0 Å². The first kappa shape index (κ1) is 60.4. The molecule has 0 fully saturated rings. The quantitative estimate of drug-likeness (QED) is 0.0799. The molecule has 0 unspecified atom stereocenters. The molecule has 11 aromatic carbocycles. The Bertz CT molecular complexity index is 3700. The lowest BCUT2D eigenvalue weighted by molar-refractivity contribution is 0.414. The number of ether oxygens (including phenoxy) is 4. The Morgan fingerprint density at radius 3 is 0.545 bits per heavy atom. The highest BCUT2D eigenvalue weighted by Crippen LogP contribution is 2.56. The summed E-state index contributed by atoms with van der Waals surface area (Å²) in [5.74, 6) is 3.07. The first-order chi connectivity index (χ1) is 41.9. The Morgan fingerprint density at radius 2 is 0.398 bits per heavy atom. The van der Waals surface area contributed by atoms with Crippen molar-refractivity contribution in [1.29, 1.82) is 0 Å². The van der Waals surface area contributed by atoms with Crippen LogP contribution in [0.4, 0.5) is 34.1 Å². The summed E-state index contributed by atoms with van der Waals surface area (Å²) in [4.78, 5) is 4.87. The molecule has 6 nitrogen and oxygen atoms in total. The predicted molar refractivity (Wildman–Crippen MR) is 374 cm³/mol. The van der Waals surface area contributed by atoms with Crippen molar-refractivity contribution in [2.75, 3.05) is 38.2 Å². The van der Waals surface area contributed by atoms with Gasteiger partial charge in [0.2, 0.25) is 0 Å². The van der Waals surface area contributed by atoms with E-state index in [0.29, 0.717) is 0 Å². The van der Waals surface area contributed by atoms with E-state index in [-0.39, 0.29) is 21.7 Å². The molecule has 0 saturated heterocycles. The average Bonchev–Trinajstić information content (AvgIpc) is 0.751. The van der Waals surface area contributed by atoms with Crippen LogP contribution in [0.15, 0.2) is 218 Å². The molecule has 0 aromatic heterocycles. The Labute approximate surface area is 523 Å². The molecule has 6 heteroatoms. The fourth-order valence-corrected chi connectivity index (χ4v) is 12.0. The molecule has 0 aliphatic heterocycles. The molecule has 446 valence electrons. The lowest BCUT2D eigenvalue weighted by Crippen LogP contribution is -2.15. The Morgan fingerprint density at radius 1 is 0.227 bits per heavy atom. The minimum atomic E-state index is -0.0453. The first-order valence-corrected chi connectivity index (χ1v) is 30.7. The third-order valence-electron chi connectivity index (χ3n) is 17.4. The molecule has 0 bridgehead atoms. The Kier molecular flexibility index (Phi) is 16.3. The largest absolute Gasteiger partial charge is 0.497 e.